The monoisotopic (exact) mass is 228 g/mol. The van der Waals surface area contributed by atoms with Crippen LogP contribution in [0.15, 0.2) is 24.3 Å². The molecular weight excluding hydrogens is 212 g/mol. The van der Waals surface area contributed by atoms with Crippen LogP contribution in [0.5, 0.6) is 0 Å². The Morgan fingerprint density at radius 1 is 1.65 bits per heavy atom. The van der Waals surface area contributed by atoms with Crippen LogP contribution in [0.3, 0.4) is 0 Å². The smallest absolute Gasteiger partial charge is 0.243 e. The van der Waals surface area contributed by atoms with Gasteiger partial charge in [-0.3, -0.25) is 4.79 Å². The normalized spacial score (nSPS) is 18.7. The van der Waals surface area contributed by atoms with E-state index in [4.69, 9.17) is 6.42 Å². The molecule has 0 aromatic heterocycles. The van der Waals surface area contributed by atoms with Crippen LogP contribution in [-0.4, -0.2) is 18.0 Å². The molecule has 0 bridgehead atoms. The average Bonchev–Trinajstić information content (AvgIpc) is 2.79. The molecule has 1 aliphatic rings. The summed E-state index contributed by atoms with van der Waals surface area (Å²) in [5.41, 5.74) is 2.22. The maximum absolute atomic E-state index is 12.0. The van der Waals surface area contributed by atoms with E-state index in [-0.39, 0.29) is 18.0 Å². The molecule has 0 saturated heterocycles. The first-order valence-electron chi connectivity index (χ1n) is 5.85. The Bertz CT molecular complexity index is 437. The molecule has 88 valence electrons. The second-order valence-electron chi connectivity index (χ2n) is 4.19. The first kappa shape index (κ1) is 11.5. The molecule has 3 nitrogen and oxygen atoms in total. The summed E-state index contributed by atoms with van der Waals surface area (Å²) >= 11 is 0. The van der Waals surface area contributed by atoms with Crippen LogP contribution in [0.25, 0.3) is 0 Å². The molecule has 2 atom stereocenters. The van der Waals surface area contributed by atoms with Crippen LogP contribution < -0.4 is 10.6 Å². The van der Waals surface area contributed by atoms with Crippen molar-refractivity contribution in [1.29, 1.82) is 0 Å². The minimum Gasteiger partial charge on any atom is -0.373 e. The highest BCUT2D eigenvalue weighted by Gasteiger charge is 2.26. The van der Waals surface area contributed by atoms with E-state index in [0.29, 0.717) is 0 Å². The molecule has 1 aromatic carbocycles. The Hall–Kier alpha value is -1.95. The van der Waals surface area contributed by atoms with Crippen molar-refractivity contribution < 1.29 is 4.79 Å². The van der Waals surface area contributed by atoms with Crippen molar-refractivity contribution in [3.63, 3.8) is 0 Å². The number of para-hydroxylation sites is 1. The first-order valence-corrected chi connectivity index (χ1v) is 5.85. The first-order chi connectivity index (χ1) is 8.24. The van der Waals surface area contributed by atoms with Gasteiger partial charge in [-0.1, -0.05) is 31.0 Å². The van der Waals surface area contributed by atoms with E-state index in [2.05, 4.69) is 16.6 Å². The van der Waals surface area contributed by atoms with Crippen LogP contribution in [0.2, 0.25) is 0 Å². The van der Waals surface area contributed by atoms with Gasteiger partial charge in [-0.15, -0.1) is 6.42 Å². The fraction of sp³-hybridized carbons (Fsp3) is 0.357. The summed E-state index contributed by atoms with van der Waals surface area (Å²) in [6, 6.07) is 7.59. The van der Waals surface area contributed by atoms with Crippen molar-refractivity contribution in [2.24, 2.45) is 0 Å². The minimum absolute atomic E-state index is 0.0222. The molecule has 0 aliphatic carbocycles. The lowest BCUT2D eigenvalue weighted by Crippen LogP contribution is -2.43. The number of fused-ring (bicyclic) bond motifs is 1. The average molecular weight is 228 g/mol. The van der Waals surface area contributed by atoms with Crippen molar-refractivity contribution in [3.05, 3.63) is 29.8 Å². The van der Waals surface area contributed by atoms with Gasteiger partial charge in [0.2, 0.25) is 5.91 Å². The zero-order chi connectivity index (χ0) is 12.3. The summed E-state index contributed by atoms with van der Waals surface area (Å²) in [6.07, 6.45) is 6.81. The topological polar surface area (TPSA) is 41.1 Å². The number of nitrogens with one attached hydrogen (secondary N) is 2. The van der Waals surface area contributed by atoms with Gasteiger partial charge in [-0.25, -0.2) is 0 Å². The van der Waals surface area contributed by atoms with Gasteiger partial charge in [0.25, 0.3) is 0 Å². The molecule has 1 amide bonds. The lowest BCUT2D eigenvalue weighted by molar-refractivity contribution is -0.122. The van der Waals surface area contributed by atoms with Gasteiger partial charge >= 0.3 is 0 Å². The second kappa shape index (κ2) is 4.92. The Morgan fingerprint density at radius 2 is 2.41 bits per heavy atom. The van der Waals surface area contributed by atoms with E-state index < -0.39 is 0 Å². The number of hydrogen-bond donors (Lipinski definition) is 2. The molecule has 2 unspecified atom stereocenters. The van der Waals surface area contributed by atoms with E-state index in [0.717, 1.165) is 18.5 Å². The molecule has 1 aromatic rings. The predicted molar refractivity (Wildman–Crippen MR) is 68.6 cm³/mol. The van der Waals surface area contributed by atoms with Crippen LogP contribution in [0.1, 0.15) is 18.9 Å². The zero-order valence-corrected chi connectivity index (χ0v) is 9.86. The number of carbonyl (C=O) groups is 1. The lowest BCUT2D eigenvalue weighted by atomic mass is 10.1. The van der Waals surface area contributed by atoms with E-state index in [9.17, 15) is 4.79 Å². The lowest BCUT2D eigenvalue weighted by Gasteiger charge is -2.15. The summed E-state index contributed by atoms with van der Waals surface area (Å²) in [6.45, 7) is 1.96. The number of terminal acetylenes is 1. The Balaban J connectivity index is 1.99. The van der Waals surface area contributed by atoms with Gasteiger partial charge in [-0.05, 0) is 18.1 Å². The van der Waals surface area contributed by atoms with E-state index >= 15 is 0 Å². The van der Waals surface area contributed by atoms with Gasteiger partial charge in [0.15, 0.2) is 0 Å². The molecule has 17 heavy (non-hydrogen) atoms. The maximum atomic E-state index is 12.0. The largest absolute Gasteiger partial charge is 0.373 e. The van der Waals surface area contributed by atoms with Gasteiger partial charge < -0.3 is 10.6 Å². The highest BCUT2D eigenvalue weighted by Crippen LogP contribution is 2.25. The predicted octanol–water partition coefficient (Wildman–Crippen LogP) is 1.55. The van der Waals surface area contributed by atoms with Gasteiger partial charge in [0, 0.05) is 12.1 Å². The summed E-state index contributed by atoms with van der Waals surface area (Å²) < 4.78 is 0. The van der Waals surface area contributed by atoms with Crippen LogP contribution in [0, 0.1) is 12.3 Å². The summed E-state index contributed by atoms with van der Waals surface area (Å²) in [5, 5.41) is 6.06. The fourth-order valence-electron chi connectivity index (χ4n) is 1.99. The molecule has 0 radical (unpaired) electrons. The molecule has 1 aliphatic heterocycles. The second-order valence-corrected chi connectivity index (χ2v) is 4.19. The van der Waals surface area contributed by atoms with Crippen molar-refractivity contribution in [2.45, 2.75) is 31.8 Å². The molecule has 0 saturated carbocycles. The third kappa shape index (κ3) is 2.42. The number of benzene rings is 1. The molecule has 0 fully saturated rings. The Morgan fingerprint density at radius 3 is 3.06 bits per heavy atom. The van der Waals surface area contributed by atoms with E-state index in [1.807, 2.05) is 31.2 Å². The summed E-state index contributed by atoms with van der Waals surface area (Å²) in [5.74, 6) is 2.55. The number of rotatable bonds is 3. The Labute approximate surface area is 102 Å². The number of hydrogen-bond acceptors (Lipinski definition) is 2. The van der Waals surface area contributed by atoms with Crippen molar-refractivity contribution in [2.75, 3.05) is 5.32 Å². The quantitative estimate of drug-likeness (QED) is 0.771. The molecule has 0 spiro atoms. The fourth-order valence-corrected chi connectivity index (χ4v) is 1.99. The standard InChI is InChI=1S/C14H16N2O/c1-3-11(4-2)15-14(17)13-9-10-7-5-6-8-12(10)16-13/h1,5-8,11,13,16H,4,9H2,2H3,(H,15,17). The highest BCUT2D eigenvalue weighted by atomic mass is 16.2. The third-order valence-electron chi connectivity index (χ3n) is 3.01. The third-order valence-corrected chi connectivity index (χ3v) is 3.01. The summed E-state index contributed by atoms with van der Waals surface area (Å²) in [4.78, 5) is 12.0. The number of carbonyl (C=O) groups excluding carboxylic acids is 1. The molecule has 2 N–H and O–H groups in total. The van der Waals surface area contributed by atoms with Gasteiger partial charge in [0.05, 0.1) is 6.04 Å². The SMILES string of the molecule is C#CC(CC)NC(=O)C1Cc2ccccc2N1. The van der Waals surface area contributed by atoms with Crippen LogP contribution in [-0.2, 0) is 11.2 Å². The number of amides is 1. The van der Waals surface area contributed by atoms with Crippen LogP contribution in [0.4, 0.5) is 5.69 Å². The minimum atomic E-state index is -0.199. The maximum Gasteiger partial charge on any atom is 0.243 e. The van der Waals surface area contributed by atoms with E-state index in [1.165, 1.54) is 5.56 Å². The van der Waals surface area contributed by atoms with Crippen molar-refractivity contribution in [1.82, 2.24) is 5.32 Å². The van der Waals surface area contributed by atoms with Crippen LogP contribution >= 0.6 is 0 Å². The van der Waals surface area contributed by atoms with Crippen molar-refractivity contribution in [3.8, 4) is 12.3 Å². The molecule has 1 heterocycles. The number of anilines is 1. The molecule has 3 heteroatoms. The molecule has 2 rings (SSSR count). The Kier molecular flexibility index (Phi) is 3.34. The highest BCUT2D eigenvalue weighted by molar-refractivity contribution is 5.87. The van der Waals surface area contributed by atoms with Crippen molar-refractivity contribution >= 4 is 11.6 Å². The summed E-state index contributed by atoms with van der Waals surface area (Å²) in [7, 11) is 0. The zero-order valence-electron chi connectivity index (χ0n) is 9.86. The van der Waals surface area contributed by atoms with Gasteiger partial charge in [0.1, 0.15) is 6.04 Å². The van der Waals surface area contributed by atoms with Gasteiger partial charge in [-0.2, -0.15) is 0 Å². The van der Waals surface area contributed by atoms with E-state index in [1.54, 1.807) is 0 Å². The molecular formula is C14H16N2O.